The second-order valence-electron chi connectivity index (χ2n) is 9.91. The van der Waals surface area contributed by atoms with Gasteiger partial charge in [0, 0.05) is 26.7 Å². The van der Waals surface area contributed by atoms with Crippen molar-refractivity contribution in [2.75, 3.05) is 24.9 Å². The molecule has 1 N–H and O–H groups in total. The van der Waals surface area contributed by atoms with Crippen LogP contribution in [0.2, 0.25) is 0 Å². The van der Waals surface area contributed by atoms with Crippen LogP contribution >= 0.6 is 0 Å². The molecule has 0 aliphatic heterocycles. The fraction of sp³-hybridized carbons (Fsp3) is 0.500. The molecule has 2 aromatic rings. The van der Waals surface area contributed by atoms with Gasteiger partial charge >= 0.3 is 10.2 Å². The van der Waals surface area contributed by atoms with Gasteiger partial charge in [0.2, 0.25) is 11.8 Å². The SMILES string of the molecule is CC[C@@H](C(=O)NC1CCCCC1)N(Cc1ccc(C)cc1)C(=O)CN(c1ccccc1)S(=O)(=O)N(C)C. The predicted octanol–water partition coefficient (Wildman–Crippen LogP) is 3.86. The Bertz CT molecular complexity index is 1130. The van der Waals surface area contributed by atoms with Crippen LogP contribution in [-0.4, -0.2) is 62.2 Å². The number of nitrogens with one attached hydrogen (secondary N) is 1. The van der Waals surface area contributed by atoms with Crippen LogP contribution in [-0.2, 0) is 26.3 Å². The maximum atomic E-state index is 13.9. The average molecular weight is 529 g/mol. The Labute approximate surface area is 221 Å². The van der Waals surface area contributed by atoms with E-state index in [1.807, 2.05) is 38.1 Å². The highest BCUT2D eigenvalue weighted by molar-refractivity contribution is 7.90. The smallest absolute Gasteiger partial charge is 0.304 e. The van der Waals surface area contributed by atoms with E-state index < -0.39 is 28.7 Å². The van der Waals surface area contributed by atoms with Crippen LogP contribution in [0.4, 0.5) is 5.69 Å². The van der Waals surface area contributed by atoms with E-state index in [9.17, 15) is 18.0 Å². The topological polar surface area (TPSA) is 90.0 Å². The van der Waals surface area contributed by atoms with Crippen molar-refractivity contribution in [3.63, 3.8) is 0 Å². The van der Waals surface area contributed by atoms with Gasteiger partial charge in [-0.1, -0.05) is 74.2 Å². The van der Waals surface area contributed by atoms with E-state index in [2.05, 4.69) is 5.32 Å². The zero-order chi connectivity index (χ0) is 27.0. The fourth-order valence-electron chi connectivity index (χ4n) is 4.67. The number of anilines is 1. The van der Waals surface area contributed by atoms with Gasteiger partial charge in [-0.2, -0.15) is 12.7 Å². The normalized spacial score (nSPS) is 15.3. The first-order valence-corrected chi connectivity index (χ1v) is 14.4. The van der Waals surface area contributed by atoms with Crippen molar-refractivity contribution < 1.29 is 18.0 Å². The van der Waals surface area contributed by atoms with Gasteiger partial charge in [0.1, 0.15) is 12.6 Å². The lowest BCUT2D eigenvalue weighted by molar-refractivity contribution is -0.140. The highest BCUT2D eigenvalue weighted by atomic mass is 32.2. The largest absolute Gasteiger partial charge is 0.352 e. The standard InChI is InChI=1S/C28H40N4O4S/c1-5-26(28(34)29-24-12-8-6-9-13-24)31(20-23-18-16-22(2)17-19-23)27(33)21-32(37(35,36)30(3)4)25-14-10-7-11-15-25/h7,10-11,14-19,24,26H,5-6,8-9,12-13,20-21H2,1-4H3,(H,29,34)/t26-/m0/s1. The van der Waals surface area contributed by atoms with Gasteiger partial charge in [-0.05, 0) is 43.9 Å². The van der Waals surface area contributed by atoms with Crippen molar-refractivity contribution in [3.8, 4) is 0 Å². The van der Waals surface area contributed by atoms with Gasteiger partial charge in [0.25, 0.3) is 0 Å². The molecule has 0 bridgehead atoms. The summed E-state index contributed by atoms with van der Waals surface area (Å²) in [6, 6.07) is 15.8. The number of carbonyl (C=O) groups excluding carboxylic acids is 2. The molecule has 1 aliphatic rings. The number of benzene rings is 2. The summed E-state index contributed by atoms with van der Waals surface area (Å²) in [6.45, 7) is 3.67. The third kappa shape index (κ3) is 7.55. The molecular weight excluding hydrogens is 488 g/mol. The summed E-state index contributed by atoms with van der Waals surface area (Å²) < 4.78 is 28.6. The van der Waals surface area contributed by atoms with Crippen molar-refractivity contribution in [3.05, 3.63) is 65.7 Å². The summed E-state index contributed by atoms with van der Waals surface area (Å²) >= 11 is 0. The van der Waals surface area contributed by atoms with Crippen LogP contribution in [0.3, 0.4) is 0 Å². The van der Waals surface area contributed by atoms with E-state index in [1.54, 1.807) is 30.3 Å². The number of amides is 2. The monoisotopic (exact) mass is 528 g/mol. The molecule has 1 fully saturated rings. The van der Waals surface area contributed by atoms with E-state index in [-0.39, 0.29) is 18.5 Å². The highest BCUT2D eigenvalue weighted by Gasteiger charge is 2.34. The molecule has 202 valence electrons. The van der Waals surface area contributed by atoms with Crippen LogP contribution in [0.25, 0.3) is 0 Å². The quantitative estimate of drug-likeness (QED) is 0.480. The zero-order valence-corrected chi connectivity index (χ0v) is 23.2. The molecule has 0 aromatic heterocycles. The van der Waals surface area contributed by atoms with Crippen molar-refractivity contribution in [2.45, 2.75) is 71.0 Å². The van der Waals surface area contributed by atoms with Crippen LogP contribution in [0.5, 0.6) is 0 Å². The maximum Gasteiger partial charge on any atom is 0.304 e. The second kappa shape index (κ2) is 13.1. The Hall–Kier alpha value is -2.91. The zero-order valence-electron chi connectivity index (χ0n) is 22.4. The molecule has 0 spiro atoms. The molecular formula is C28H40N4O4S. The lowest BCUT2D eigenvalue weighted by Crippen LogP contribution is -2.54. The Morgan fingerprint density at radius 3 is 2.16 bits per heavy atom. The van der Waals surface area contributed by atoms with Crippen molar-refractivity contribution in [1.29, 1.82) is 0 Å². The van der Waals surface area contributed by atoms with Gasteiger partial charge < -0.3 is 10.2 Å². The lowest BCUT2D eigenvalue weighted by atomic mass is 9.95. The highest BCUT2D eigenvalue weighted by Crippen LogP contribution is 2.22. The molecule has 8 nitrogen and oxygen atoms in total. The Kier molecular flexibility index (Phi) is 10.1. The molecule has 2 aromatic carbocycles. The van der Waals surface area contributed by atoms with E-state index in [0.717, 1.165) is 45.4 Å². The second-order valence-corrected chi connectivity index (χ2v) is 12.0. The number of hydrogen-bond donors (Lipinski definition) is 1. The molecule has 0 heterocycles. The maximum absolute atomic E-state index is 13.9. The molecule has 3 rings (SSSR count). The summed E-state index contributed by atoms with van der Waals surface area (Å²) in [5.41, 5.74) is 2.36. The van der Waals surface area contributed by atoms with Gasteiger partial charge in [-0.15, -0.1) is 0 Å². The van der Waals surface area contributed by atoms with Gasteiger partial charge in [0.05, 0.1) is 5.69 Å². The van der Waals surface area contributed by atoms with Gasteiger partial charge in [0.15, 0.2) is 0 Å². The van der Waals surface area contributed by atoms with Crippen LogP contribution < -0.4 is 9.62 Å². The minimum absolute atomic E-state index is 0.113. The lowest BCUT2D eigenvalue weighted by Gasteiger charge is -2.35. The summed E-state index contributed by atoms with van der Waals surface area (Å²) in [4.78, 5) is 28.9. The van der Waals surface area contributed by atoms with Crippen molar-refractivity contribution >= 4 is 27.7 Å². The number of nitrogens with zero attached hydrogens (tertiary/aromatic N) is 3. The van der Waals surface area contributed by atoms with Crippen LogP contribution in [0, 0.1) is 6.92 Å². The first-order chi connectivity index (χ1) is 17.6. The summed E-state index contributed by atoms with van der Waals surface area (Å²) in [7, 11) is -1.08. The average Bonchev–Trinajstić information content (AvgIpc) is 2.89. The Balaban J connectivity index is 1.93. The third-order valence-electron chi connectivity index (χ3n) is 6.87. The number of rotatable bonds is 11. The number of hydrogen-bond acceptors (Lipinski definition) is 4. The minimum atomic E-state index is -3.96. The van der Waals surface area contributed by atoms with Crippen molar-refractivity contribution in [1.82, 2.24) is 14.5 Å². The minimum Gasteiger partial charge on any atom is -0.352 e. The van der Waals surface area contributed by atoms with Crippen LogP contribution in [0.1, 0.15) is 56.6 Å². The van der Waals surface area contributed by atoms with E-state index in [0.29, 0.717) is 12.1 Å². The molecule has 1 atom stereocenters. The number of para-hydroxylation sites is 1. The van der Waals surface area contributed by atoms with E-state index >= 15 is 0 Å². The predicted molar refractivity (Wildman–Crippen MR) is 147 cm³/mol. The molecule has 37 heavy (non-hydrogen) atoms. The molecule has 0 radical (unpaired) electrons. The van der Waals surface area contributed by atoms with E-state index in [4.69, 9.17) is 0 Å². The first-order valence-electron chi connectivity index (χ1n) is 13.0. The van der Waals surface area contributed by atoms with Crippen LogP contribution in [0.15, 0.2) is 54.6 Å². The first kappa shape index (κ1) is 28.7. The molecule has 1 saturated carbocycles. The Morgan fingerprint density at radius 1 is 0.973 bits per heavy atom. The number of aryl methyl sites for hydroxylation is 1. The van der Waals surface area contributed by atoms with Gasteiger partial charge in [-0.3, -0.25) is 9.59 Å². The fourth-order valence-corrected chi connectivity index (χ4v) is 5.72. The van der Waals surface area contributed by atoms with E-state index in [1.165, 1.54) is 25.4 Å². The summed E-state index contributed by atoms with van der Waals surface area (Å²) in [5, 5.41) is 3.16. The molecule has 9 heteroatoms. The number of carbonyl (C=O) groups is 2. The summed E-state index contributed by atoms with van der Waals surface area (Å²) in [5.74, 6) is -0.614. The van der Waals surface area contributed by atoms with Crippen molar-refractivity contribution in [2.24, 2.45) is 0 Å². The molecule has 0 saturated heterocycles. The Morgan fingerprint density at radius 2 is 1.59 bits per heavy atom. The molecule has 2 amide bonds. The molecule has 1 aliphatic carbocycles. The molecule has 0 unspecified atom stereocenters. The third-order valence-corrected chi connectivity index (χ3v) is 8.69. The van der Waals surface area contributed by atoms with Gasteiger partial charge in [-0.25, -0.2) is 4.31 Å². The summed E-state index contributed by atoms with van der Waals surface area (Å²) in [6.07, 6.45) is 5.65.